The lowest BCUT2D eigenvalue weighted by atomic mass is 10.1. The number of imide groups is 1. The summed E-state index contributed by atoms with van der Waals surface area (Å²) in [6.45, 7) is 3.57. The van der Waals surface area contributed by atoms with Gasteiger partial charge in [-0.15, -0.1) is 0 Å². The normalized spacial score (nSPS) is 13.7. The van der Waals surface area contributed by atoms with E-state index >= 15 is 0 Å². The highest BCUT2D eigenvalue weighted by atomic mass is 16.5. The van der Waals surface area contributed by atoms with E-state index < -0.39 is 0 Å². The molecule has 1 aromatic carbocycles. The highest BCUT2D eigenvalue weighted by Gasteiger charge is 2.24. The Morgan fingerprint density at radius 2 is 1.78 bits per heavy atom. The van der Waals surface area contributed by atoms with Gasteiger partial charge in [0.15, 0.2) is 0 Å². The minimum atomic E-state index is -0.337. The van der Waals surface area contributed by atoms with Gasteiger partial charge in [-0.25, -0.2) is 4.90 Å². The number of aryl methyl sites for hydroxylation is 1. The van der Waals surface area contributed by atoms with E-state index in [9.17, 15) is 14.4 Å². The van der Waals surface area contributed by atoms with E-state index in [1.54, 1.807) is 12.1 Å². The molecule has 1 N–H and O–H groups in total. The third-order valence-corrected chi connectivity index (χ3v) is 3.42. The second kappa shape index (κ2) is 8.24. The first kappa shape index (κ1) is 16.9. The van der Waals surface area contributed by atoms with E-state index in [4.69, 9.17) is 4.74 Å². The molecule has 122 valence electrons. The third kappa shape index (κ3) is 4.75. The molecule has 6 nitrogen and oxygen atoms in total. The van der Waals surface area contributed by atoms with Crippen LogP contribution in [0, 0.1) is 0 Å². The van der Waals surface area contributed by atoms with Gasteiger partial charge in [-0.05, 0) is 31.0 Å². The summed E-state index contributed by atoms with van der Waals surface area (Å²) in [5, 5.41) is 2.79. The molecule has 0 spiro atoms. The predicted octanol–water partition coefficient (Wildman–Crippen LogP) is 1.20. The molecular formula is C17H20N2O4. The van der Waals surface area contributed by atoms with Crippen LogP contribution in [0.1, 0.15) is 18.9 Å². The van der Waals surface area contributed by atoms with Crippen molar-refractivity contribution >= 4 is 23.4 Å². The molecule has 23 heavy (non-hydrogen) atoms. The molecule has 3 amide bonds. The molecule has 0 radical (unpaired) electrons. The minimum absolute atomic E-state index is 0.0251. The van der Waals surface area contributed by atoms with Crippen LogP contribution in [0.5, 0.6) is 0 Å². The zero-order chi connectivity index (χ0) is 16.7. The third-order valence-electron chi connectivity index (χ3n) is 3.42. The zero-order valence-corrected chi connectivity index (χ0v) is 13.1. The van der Waals surface area contributed by atoms with Crippen LogP contribution >= 0.6 is 0 Å². The molecule has 0 saturated carbocycles. The summed E-state index contributed by atoms with van der Waals surface area (Å²) in [5.74, 6) is -0.698. The molecule has 1 aliphatic heterocycles. The molecule has 0 fully saturated rings. The van der Waals surface area contributed by atoms with E-state index in [1.807, 2.05) is 19.1 Å². The molecular weight excluding hydrogens is 296 g/mol. The summed E-state index contributed by atoms with van der Waals surface area (Å²) in [7, 11) is 0. The number of rotatable bonds is 8. The second-order valence-electron chi connectivity index (χ2n) is 5.06. The van der Waals surface area contributed by atoms with Crippen molar-refractivity contribution in [2.24, 2.45) is 0 Å². The predicted molar refractivity (Wildman–Crippen MR) is 85.9 cm³/mol. The SMILES string of the molecule is CCOCCNC(=O)CCc1ccc(N2C(=O)C=CC2=O)cc1. The lowest BCUT2D eigenvalue weighted by Crippen LogP contribution is -2.29. The fourth-order valence-corrected chi connectivity index (χ4v) is 2.22. The molecule has 0 bridgehead atoms. The van der Waals surface area contributed by atoms with Crippen LogP contribution in [0.4, 0.5) is 5.69 Å². The van der Waals surface area contributed by atoms with Crippen molar-refractivity contribution in [3.63, 3.8) is 0 Å². The van der Waals surface area contributed by atoms with Crippen LogP contribution in [-0.2, 0) is 25.5 Å². The smallest absolute Gasteiger partial charge is 0.258 e. The summed E-state index contributed by atoms with van der Waals surface area (Å²) in [5.41, 5.74) is 1.51. The quantitative estimate of drug-likeness (QED) is 0.577. The Hall–Kier alpha value is -2.47. The van der Waals surface area contributed by atoms with Gasteiger partial charge < -0.3 is 10.1 Å². The standard InChI is InChI=1S/C17H20N2O4/c1-2-23-12-11-18-15(20)8-5-13-3-6-14(7-4-13)19-16(21)9-10-17(19)22/h3-4,6-7,9-10H,2,5,8,11-12H2,1H3,(H,18,20). The fraction of sp³-hybridized carbons (Fsp3) is 0.353. The fourth-order valence-electron chi connectivity index (χ4n) is 2.22. The highest BCUT2D eigenvalue weighted by molar-refractivity contribution is 6.28. The Morgan fingerprint density at radius 1 is 1.13 bits per heavy atom. The van der Waals surface area contributed by atoms with Gasteiger partial charge in [0.1, 0.15) is 0 Å². The topological polar surface area (TPSA) is 75.7 Å². The molecule has 1 aliphatic rings. The monoisotopic (exact) mass is 316 g/mol. The number of hydrogen-bond acceptors (Lipinski definition) is 4. The first-order chi connectivity index (χ1) is 11.1. The average molecular weight is 316 g/mol. The summed E-state index contributed by atoms with van der Waals surface area (Å²) >= 11 is 0. The van der Waals surface area contributed by atoms with Gasteiger partial charge in [0.05, 0.1) is 12.3 Å². The van der Waals surface area contributed by atoms with E-state index in [0.29, 0.717) is 38.3 Å². The summed E-state index contributed by atoms with van der Waals surface area (Å²) in [4.78, 5) is 36.0. The van der Waals surface area contributed by atoms with Gasteiger partial charge in [-0.2, -0.15) is 0 Å². The number of ether oxygens (including phenoxy) is 1. The first-order valence-corrected chi connectivity index (χ1v) is 7.61. The molecule has 1 heterocycles. The van der Waals surface area contributed by atoms with Gasteiger partial charge in [-0.3, -0.25) is 14.4 Å². The van der Waals surface area contributed by atoms with Gasteiger partial charge in [0.2, 0.25) is 5.91 Å². The van der Waals surface area contributed by atoms with E-state index in [-0.39, 0.29) is 17.7 Å². The number of hydrogen-bond donors (Lipinski definition) is 1. The number of carbonyl (C=O) groups excluding carboxylic acids is 3. The first-order valence-electron chi connectivity index (χ1n) is 7.61. The summed E-state index contributed by atoms with van der Waals surface area (Å²) < 4.78 is 5.15. The maximum Gasteiger partial charge on any atom is 0.258 e. The zero-order valence-electron chi connectivity index (χ0n) is 13.1. The Bertz CT molecular complexity index is 590. The number of amides is 3. The lowest BCUT2D eigenvalue weighted by Gasteiger charge is -2.14. The Kier molecular flexibility index (Phi) is 6.05. The minimum Gasteiger partial charge on any atom is -0.380 e. The maximum atomic E-state index is 11.7. The van der Waals surface area contributed by atoms with E-state index in [0.717, 1.165) is 10.5 Å². The Balaban J connectivity index is 1.80. The molecule has 6 heteroatoms. The lowest BCUT2D eigenvalue weighted by molar-refractivity contribution is -0.121. The van der Waals surface area contributed by atoms with Crippen LogP contribution < -0.4 is 10.2 Å². The van der Waals surface area contributed by atoms with Crippen molar-refractivity contribution in [3.05, 3.63) is 42.0 Å². The maximum absolute atomic E-state index is 11.7. The molecule has 0 aromatic heterocycles. The molecule has 0 aliphatic carbocycles. The number of nitrogens with zero attached hydrogens (tertiary/aromatic N) is 1. The van der Waals surface area contributed by atoms with Gasteiger partial charge in [0.25, 0.3) is 11.8 Å². The molecule has 1 aromatic rings. The molecule has 0 unspecified atom stereocenters. The Morgan fingerprint density at radius 3 is 2.39 bits per heavy atom. The van der Waals surface area contributed by atoms with Crippen LogP contribution in [-0.4, -0.2) is 37.5 Å². The van der Waals surface area contributed by atoms with Crippen LogP contribution in [0.25, 0.3) is 0 Å². The summed E-state index contributed by atoms with van der Waals surface area (Å²) in [6.07, 6.45) is 3.49. The summed E-state index contributed by atoms with van der Waals surface area (Å²) in [6, 6.07) is 7.07. The van der Waals surface area contributed by atoms with Gasteiger partial charge in [0, 0.05) is 31.7 Å². The van der Waals surface area contributed by atoms with Crippen LogP contribution in [0.3, 0.4) is 0 Å². The van der Waals surface area contributed by atoms with Crippen molar-refractivity contribution in [1.29, 1.82) is 0 Å². The molecule has 0 saturated heterocycles. The number of nitrogens with one attached hydrogen (secondary N) is 1. The molecule has 2 rings (SSSR count). The van der Waals surface area contributed by atoms with Crippen molar-refractivity contribution in [1.82, 2.24) is 5.32 Å². The Labute approximate surface area is 135 Å². The number of anilines is 1. The van der Waals surface area contributed by atoms with Crippen molar-refractivity contribution in [2.45, 2.75) is 19.8 Å². The van der Waals surface area contributed by atoms with Gasteiger partial charge >= 0.3 is 0 Å². The van der Waals surface area contributed by atoms with Crippen molar-refractivity contribution < 1.29 is 19.1 Å². The number of benzene rings is 1. The van der Waals surface area contributed by atoms with E-state index in [2.05, 4.69) is 5.32 Å². The number of carbonyl (C=O) groups is 3. The largest absolute Gasteiger partial charge is 0.380 e. The van der Waals surface area contributed by atoms with E-state index in [1.165, 1.54) is 12.2 Å². The van der Waals surface area contributed by atoms with Crippen molar-refractivity contribution in [2.75, 3.05) is 24.7 Å². The van der Waals surface area contributed by atoms with Crippen LogP contribution in [0.2, 0.25) is 0 Å². The van der Waals surface area contributed by atoms with Crippen LogP contribution in [0.15, 0.2) is 36.4 Å². The average Bonchev–Trinajstić information content (AvgIpc) is 2.89. The highest BCUT2D eigenvalue weighted by Crippen LogP contribution is 2.19. The van der Waals surface area contributed by atoms with Crippen molar-refractivity contribution in [3.8, 4) is 0 Å². The molecule has 0 atom stereocenters. The van der Waals surface area contributed by atoms with Gasteiger partial charge in [-0.1, -0.05) is 12.1 Å². The second-order valence-corrected chi connectivity index (χ2v) is 5.06.